The maximum absolute atomic E-state index is 9.53. The van der Waals surface area contributed by atoms with Gasteiger partial charge in [-0.05, 0) is 38.8 Å². The second-order valence-electron chi connectivity index (χ2n) is 5.70. The lowest BCUT2D eigenvalue weighted by atomic mass is 10.1. The molecule has 0 radical (unpaired) electrons. The van der Waals surface area contributed by atoms with E-state index in [0.717, 1.165) is 31.6 Å². The third kappa shape index (κ3) is 3.80. The van der Waals surface area contributed by atoms with Gasteiger partial charge in [-0.2, -0.15) is 5.10 Å². The Hall–Kier alpha value is -0.870. The van der Waals surface area contributed by atoms with Crippen LogP contribution in [0.15, 0.2) is 12.3 Å². The highest BCUT2D eigenvalue weighted by molar-refractivity contribution is 5.00. The van der Waals surface area contributed by atoms with Gasteiger partial charge in [0.25, 0.3) is 0 Å². The van der Waals surface area contributed by atoms with Crippen LogP contribution in [0.4, 0.5) is 0 Å². The molecule has 4 heteroatoms. The molecule has 108 valence electrons. The molecule has 1 aromatic heterocycles. The molecular weight excluding hydrogens is 238 g/mol. The average molecular weight is 265 g/mol. The Morgan fingerprint density at radius 1 is 1.42 bits per heavy atom. The van der Waals surface area contributed by atoms with E-state index in [0.29, 0.717) is 12.1 Å². The molecule has 1 aromatic rings. The van der Waals surface area contributed by atoms with Crippen molar-refractivity contribution < 1.29 is 5.11 Å². The Labute approximate surface area is 116 Å². The van der Waals surface area contributed by atoms with Crippen molar-refractivity contribution in [1.82, 2.24) is 14.7 Å². The smallest absolute Gasteiger partial charge is 0.0765 e. The number of hydrogen-bond acceptors (Lipinski definition) is 3. The molecular formula is C15H27N3O. The minimum atomic E-state index is 0.270. The Balaban J connectivity index is 2.00. The number of aromatic nitrogens is 2. The van der Waals surface area contributed by atoms with Crippen molar-refractivity contribution in [2.75, 3.05) is 13.2 Å². The summed E-state index contributed by atoms with van der Waals surface area (Å²) in [5, 5.41) is 14.2. The molecule has 19 heavy (non-hydrogen) atoms. The second kappa shape index (κ2) is 7.06. The lowest BCUT2D eigenvalue weighted by Gasteiger charge is -2.27. The average Bonchev–Trinajstić information content (AvgIpc) is 2.77. The molecule has 2 unspecified atom stereocenters. The van der Waals surface area contributed by atoms with Gasteiger partial charge in [0, 0.05) is 24.8 Å². The van der Waals surface area contributed by atoms with E-state index in [4.69, 9.17) is 0 Å². The molecule has 4 nitrogen and oxygen atoms in total. The van der Waals surface area contributed by atoms with Gasteiger partial charge < -0.3 is 5.11 Å². The molecule has 1 saturated heterocycles. The fourth-order valence-corrected chi connectivity index (χ4v) is 2.75. The van der Waals surface area contributed by atoms with E-state index in [9.17, 15) is 5.11 Å². The molecule has 0 aromatic carbocycles. The van der Waals surface area contributed by atoms with E-state index in [2.05, 4.69) is 40.8 Å². The number of aliphatic hydroxyl groups excluding tert-OH is 1. The number of likely N-dealkylation sites (tertiary alicyclic amines) is 1. The van der Waals surface area contributed by atoms with Gasteiger partial charge in [0.05, 0.1) is 12.3 Å². The summed E-state index contributed by atoms with van der Waals surface area (Å²) in [7, 11) is 0. The van der Waals surface area contributed by atoms with Crippen LogP contribution >= 0.6 is 0 Å². The fraction of sp³-hybridized carbons (Fsp3) is 0.800. The predicted octanol–water partition coefficient (Wildman–Crippen LogP) is 2.59. The summed E-state index contributed by atoms with van der Waals surface area (Å²) in [6, 6.07) is 2.90. The van der Waals surface area contributed by atoms with Crippen molar-refractivity contribution in [2.45, 2.75) is 64.6 Å². The standard InChI is InChI=1S/C15H27N3O/c1-3-13(2)18-10-8-14(16-18)11-17-9-6-4-5-7-15(17)12-19/h8,10,13,15,19H,3-7,9,11-12H2,1-2H3. The van der Waals surface area contributed by atoms with Crippen LogP contribution in [-0.2, 0) is 6.54 Å². The largest absolute Gasteiger partial charge is 0.395 e. The zero-order valence-electron chi connectivity index (χ0n) is 12.3. The van der Waals surface area contributed by atoms with Gasteiger partial charge in [-0.3, -0.25) is 9.58 Å². The van der Waals surface area contributed by atoms with Crippen LogP contribution in [0.2, 0.25) is 0 Å². The Morgan fingerprint density at radius 2 is 2.26 bits per heavy atom. The molecule has 0 saturated carbocycles. The lowest BCUT2D eigenvalue weighted by Crippen LogP contribution is -2.37. The van der Waals surface area contributed by atoms with E-state index >= 15 is 0 Å². The Morgan fingerprint density at radius 3 is 3.00 bits per heavy atom. The monoisotopic (exact) mass is 265 g/mol. The van der Waals surface area contributed by atoms with E-state index in [1.54, 1.807) is 0 Å². The van der Waals surface area contributed by atoms with E-state index < -0.39 is 0 Å². The Kier molecular flexibility index (Phi) is 5.40. The second-order valence-corrected chi connectivity index (χ2v) is 5.70. The van der Waals surface area contributed by atoms with Gasteiger partial charge >= 0.3 is 0 Å². The van der Waals surface area contributed by atoms with Gasteiger partial charge in [0.2, 0.25) is 0 Å². The molecule has 2 heterocycles. The first kappa shape index (κ1) is 14.5. The van der Waals surface area contributed by atoms with Crippen LogP contribution in [-0.4, -0.2) is 39.0 Å². The molecule has 2 rings (SSSR count). The molecule has 0 aliphatic carbocycles. The normalized spacial score (nSPS) is 23.2. The number of hydrogen-bond donors (Lipinski definition) is 1. The van der Waals surface area contributed by atoms with Crippen molar-refractivity contribution in [1.29, 1.82) is 0 Å². The summed E-state index contributed by atoms with van der Waals surface area (Å²) in [4.78, 5) is 2.40. The lowest BCUT2D eigenvalue weighted by molar-refractivity contribution is 0.117. The first-order valence-corrected chi connectivity index (χ1v) is 7.63. The van der Waals surface area contributed by atoms with Crippen LogP contribution in [0.3, 0.4) is 0 Å². The molecule has 1 aliphatic heterocycles. The zero-order valence-corrected chi connectivity index (χ0v) is 12.3. The summed E-state index contributed by atoms with van der Waals surface area (Å²) in [6.45, 7) is 6.60. The van der Waals surface area contributed by atoms with Crippen molar-refractivity contribution in [3.8, 4) is 0 Å². The summed E-state index contributed by atoms with van der Waals surface area (Å²) >= 11 is 0. The summed E-state index contributed by atoms with van der Waals surface area (Å²) < 4.78 is 2.06. The highest BCUT2D eigenvalue weighted by Crippen LogP contribution is 2.19. The SMILES string of the molecule is CCC(C)n1ccc(CN2CCCCCC2CO)n1. The molecule has 1 aliphatic rings. The number of aliphatic hydroxyl groups is 1. The molecule has 1 fully saturated rings. The molecule has 0 bridgehead atoms. The summed E-state index contributed by atoms with van der Waals surface area (Å²) in [5.41, 5.74) is 1.13. The van der Waals surface area contributed by atoms with Crippen LogP contribution in [0.5, 0.6) is 0 Å². The summed E-state index contributed by atoms with van der Waals surface area (Å²) in [6.07, 6.45) is 8.06. The number of rotatable bonds is 5. The van der Waals surface area contributed by atoms with Crippen LogP contribution in [0, 0.1) is 0 Å². The van der Waals surface area contributed by atoms with Crippen molar-refractivity contribution >= 4 is 0 Å². The predicted molar refractivity (Wildman–Crippen MR) is 77.0 cm³/mol. The third-order valence-electron chi connectivity index (χ3n) is 4.28. The molecule has 0 spiro atoms. The van der Waals surface area contributed by atoms with Crippen molar-refractivity contribution in [3.63, 3.8) is 0 Å². The first-order valence-electron chi connectivity index (χ1n) is 7.63. The van der Waals surface area contributed by atoms with Crippen LogP contribution < -0.4 is 0 Å². The topological polar surface area (TPSA) is 41.3 Å². The maximum Gasteiger partial charge on any atom is 0.0765 e. The first-order chi connectivity index (χ1) is 9.24. The minimum Gasteiger partial charge on any atom is -0.395 e. The highest BCUT2D eigenvalue weighted by atomic mass is 16.3. The van der Waals surface area contributed by atoms with E-state index in [-0.39, 0.29) is 6.61 Å². The third-order valence-corrected chi connectivity index (χ3v) is 4.28. The van der Waals surface area contributed by atoms with E-state index in [1.807, 2.05) is 0 Å². The minimum absolute atomic E-state index is 0.270. The van der Waals surface area contributed by atoms with Crippen LogP contribution in [0.1, 0.15) is 57.7 Å². The number of nitrogens with zero attached hydrogens (tertiary/aromatic N) is 3. The van der Waals surface area contributed by atoms with Gasteiger partial charge in [0.15, 0.2) is 0 Å². The maximum atomic E-state index is 9.53. The molecule has 1 N–H and O–H groups in total. The fourth-order valence-electron chi connectivity index (χ4n) is 2.75. The highest BCUT2D eigenvalue weighted by Gasteiger charge is 2.21. The van der Waals surface area contributed by atoms with Crippen molar-refractivity contribution in [3.05, 3.63) is 18.0 Å². The zero-order chi connectivity index (χ0) is 13.7. The van der Waals surface area contributed by atoms with Gasteiger partial charge in [-0.1, -0.05) is 19.8 Å². The molecule has 0 amide bonds. The van der Waals surface area contributed by atoms with Crippen molar-refractivity contribution in [2.24, 2.45) is 0 Å². The van der Waals surface area contributed by atoms with Gasteiger partial charge in [0.1, 0.15) is 0 Å². The molecule has 2 atom stereocenters. The quantitative estimate of drug-likeness (QED) is 0.889. The van der Waals surface area contributed by atoms with Crippen LogP contribution in [0.25, 0.3) is 0 Å². The Bertz CT molecular complexity index is 377. The summed E-state index contributed by atoms with van der Waals surface area (Å²) in [5.74, 6) is 0. The van der Waals surface area contributed by atoms with Gasteiger partial charge in [-0.25, -0.2) is 0 Å². The van der Waals surface area contributed by atoms with Gasteiger partial charge in [-0.15, -0.1) is 0 Å². The van der Waals surface area contributed by atoms with E-state index in [1.165, 1.54) is 19.3 Å².